The van der Waals surface area contributed by atoms with Crippen molar-refractivity contribution in [2.75, 3.05) is 0 Å². The third-order valence-corrected chi connectivity index (χ3v) is 5.00. The lowest BCUT2D eigenvalue weighted by Crippen LogP contribution is -2.21. The summed E-state index contributed by atoms with van der Waals surface area (Å²) in [6, 6.07) is 1.40. The maximum Gasteiger partial charge on any atom is 0.266 e. The van der Waals surface area contributed by atoms with Crippen LogP contribution < -0.4 is 0 Å². The molecule has 28 heavy (non-hydrogen) atoms. The molecule has 0 amide bonds. The van der Waals surface area contributed by atoms with Crippen LogP contribution in [0.4, 0.5) is 13.2 Å². The van der Waals surface area contributed by atoms with Crippen LogP contribution in [0.15, 0.2) is 12.1 Å². The smallest absolute Gasteiger partial charge is 0.266 e. The molecule has 1 unspecified atom stereocenters. The van der Waals surface area contributed by atoms with Crippen LogP contribution in [0, 0.1) is 17.5 Å². The Balaban J connectivity index is 2.24. The van der Waals surface area contributed by atoms with E-state index < -0.39 is 23.9 Å². The molecule has 1 rings (SSSR count). The third kappa shape index (κ3) is 11.0. The molecule has 0 aliphatic carbocycles. The maximum absolute atomic E-state index is 13.6. The average molecular weight is 405 g/mol. The first-order chi connectivity index (χ1) is 13.4. The Bertz CT molecular complexity index is 515. The van der Waals surface area contributed by atoms with E-state index in [4.69, 9.17) is 14.9 Å². The summed E-state index contributed by atoms with van der Waals surface area (Å²) >= 11 is 0. The molecule has 0 saturated carbocycles. The van der Waals surface area contributed by atoms with Crippen LogP contribution in [-0.4, -0.2) is 22.8 Å². The van der Waals surface area contributed by atoms with Crippen LogP contribution in [0.2, 0.25) is 0 Å². The molecule has 0 aliphatic rings. The average Bonchev–Trinajstić information content (AvgIpc) is 2.61. The molecule has 162 valence electrons. The second-order valence-corrected chi connectivity index (χ2v) is 7.44. The second kappa shape index (κ2) is 14.8. The number of benzene rings is 1. The predicted octanol–water partition coefficient (Wildman–Crippen LogP) is 6.00. The van der Waals surface area contributed by atoms with Gasteiger partial charge in [-0.3, -0.25) is 0 Å². The third-order valence-electron chi connectivity index (χ3n) is 5.00. The number of unbranched alkanes of at least 4 members (excludes halogenated alkanes) is 8. The number of halogens is 3. The van der Waals surface area contributed by atoms with Crippen molar-refractivity contribution in [3.05, 3.63) is 35.1 Å². The highest BCUT2D eigenvalue weighted by atomic mass is 19.1. The molecule has 0 aliphatic heterocycles. The van der Waals surface area contributed by atoms with Crippen LogP contribution in [0.5, 0.6) is 0 Å². The summed E-state index contributed by atoms with van der Waals surface area (Å²) in [4.78, 5) is 0. The quantitative estimate of drug-likeness (QED) is 0.262. The van der Waals surface area contributed by atoms with E-state index in [1.54, 1.807) is 0 Å². The van der Waals surface area contributed by atoms with E-state index >= 15 is 0 Å². The van der Waals surface area contributed by atoms with Crippen molar-refractivity contribution in [1.29, 1.82) is 0 Å². The lowest BCUT2D eigenvalue weighted by molar-refractivity contribution is -0.257. The van der Waals surface area contributed by atoms with Crippen LogP contribution >= 0.6 is 0 Å². The summed E-state index contributed by atoms with van der Waals surface area (Å²) in [6.07, 6.45) is 11.8. The largest absolute Gasteiger partial charge is 0.346 e. The fourth-order valence-electron chi connectivity index (χ4n) is 3.44. The van der Waals surface area contributed by atoms with Gasteiger partial charge in [0.2, 0.25) is 0 Å². The zero-order valence-corrected chi connectivity index (χ0v) is 16.9. The fraction of sp³-hybridized carbons (Fsp3) is 0.727. The fourth-order valence-corrected chi connectivity index (χ4v) is 3.44. The molecule has 1 atom stereocenters. The molecule has 2 N–H and O–H groups in total. The van der Waals surface area contributed by atoms with Gasteiger partial charge in [0.1, 0.15) is 17.5 Å². The van der Waals surface area contributed by atoms with Crippen molar-refractivity contribution in [2.45, 2.75) is 103 Å². The Morgan fingerprint density at radius 3 is 1.82 bits per heavy atom. The molecular formula is C22H35F3O3. The van der Waals surface area contributed by atoms with Crippen LogP contribution in [0.1, 0.15) is 89.5 Å². The zero-order chi connectivity index (χ0) is 20.8. The predicted molar refractivity (Wildman–Crippen MR) is 104 cm³/mol. The van der Waals surface area contributed by atoms with Gasteiger partial charge in [-0.25, -0.2) is 13.2 Å². The van der Waals surface area contributed by atoms with E-state index in [1.165, 1.54) is 32.1 Å². The minimum Gasteiger partial charge on any atom is -0.346 e. The highest BCUT2D eigenvalue weighted by Gasteiger charge is 2.14. The van der Waals surface area contributed by atoms with Crippen molar-refractivity contribution in [3.63, 3.8) is 0 Å². The maximum atomic E-state index is 13.6. The van der Waals surface area contributed by atoms with Gasteiger partial charge in [-0.05, 0) is 25.7 Å². The van der Waals surface area contributed by atoms with Crippen LogP contribution in [0.25, 0.3) is 0 Å². The second-order valence-electron chi connectivity index (χ2n) is 7.44. The molecule has 0 fully saturated rings. The Kier molecular flexibility index (Phi) is 13.2. The van der Waals surface area contributed by atoms with Crippen molar-refractivity contribution in [1.82, 2.24) is 0 Å². The van der Waals surface area contributed by atoms with Gasteiger partial charge in [-0.2, -0.15) is 0 Å². The van der Waals surface area contributed by atoms with E-state index in [-0.39, 0.29) is 18.1 Å². The Labute approximate surface area is 166 Å². The monoisotopic (exact) mass is 404 g/mol. The lowest BCUT2D eigenvalue weighted by Gasteiger charge is -2.19. The minimum atomic E-state index is -1.78. The molecule has 0 bridgehead atoms. The molecule has 0 aromatic heterocycles. The number of aliphatic hydroxyl groups is 2. The first kappa shape index (κ1) is 24.9. The number of aliphatic hydroxyl groups excluding tert-OH is 1. The van der Waals surface area contributed by atoms with Gasteiger partial charge in [-0.15, -0.1) is 0 Å². The standard InChI is InChI=1S/C22H35F3O3/c1-2-3-4-5-6-7-9-12-18(28-22(26)27)13-10-8-11-14-19-20(24)15-17(23)16-21(19)25/h15-16,18,22,26-27H,2-14H2,1H3. The van der Waals surface area contributed by atoms with Crippen LogP contribution in [-0.2, 0) is 11.2 Å². The molecule has 1 aromatic carbocycles. The molecule has 0 spiro atoms. The Morgan fingerprint density at radius 1 is 0.786 bits per heavy atom. The van der Waals surface area contributed by atoms with E-state index in [0.29, 0.717) is 25.0 Å². The SMILES string of the molecule is CCCCCCCCCC(CCCCCc1c(F)cc(F)cc1F)OC(O)O. The van der Waals surface area contributed by atoms with Gasteiger partial charge in [0.25, 0.3) is 6.48 Å². The lowest BCUT2D eigenvalue weighted by atomic mass is 10.0. The van der Waals surface area contributed by atoms with Crippen molar-refractivity contribution in [2.24, 2.45) is 0 Å². The summed E-state index contributed by atoms with van der Waals surface area (Å²) in [6.45, 7) is 0.409. The molecule has 6 heteroatoms. The first-order valence-corrected chi connectivity index (χ1v) is 10.6. The molecule has 0 saturated heterocycles. The minimum absolute atomic E-state index is 0.0805. The van der Waals surface area contributed by atoms with Gasteiger partial charge >= 0.3 is 0 Å². The van der Waals surface area contributed by atoms with E-state index in [0.717, 1.165) is 32.1 Å². The number of hydrogen-bond donors (Lipinski definition) is 2. The normalized spacial score (nSPS) is 12.7. The van der Waals surface area contributed by atoms with E-state index in [2.05, 4.69) is 6.92 Å². The van der Waals surface area contributed by atoms with Crippen molar-refractivity contribution >= 4 is 0 Å². The molecular weight excluding hydrogens is 369 g/mol. The van der Waals surface area contributed by atoms with E-state index in [1.807, 2.05) is 0 Å². The topological polar surface area (TPSA) is 49.7 Å². The number of rotatable bonds is 16. The van der Waals surface area contributed by atoms with Crippen molar-refractivity contribution < 1.29 is 28.1 Å². The Hall–Kier alpha value is -1.11. The highest BCUT2D eigenvalue weighted by Crippen LogP contribution is 2.20. The molecule has 0 radical (unpaired) electrons. The summed E-state index contributed by atoms with van der Waals surface area (Å²) < 4.78 is 45.3. The highest BCUT2D eigenvalue weighted by molar-refractivity contribution is 5.20. The van der Waals surface area contributed by atoms with Gasteiger partial charge in [0.15, 0.2) is 0 Å². The van der Waals surface area contributed by atoms with Crippen LogP contribution in [0.3, 0.4) is 0 Å². The van der Waals surface area contributed by atoms with E-state index in [9.17, 15) is 13.2 Å². The summed E-state index contributed by atoms with van der Waals surface area (Å²) in [7, 11) is 0. The summed E-state index contributed by atoms with van der Waals surface area (Å²) in [5.74, 6) is -2.60. The molecule has 1 aromatic rings. The molecule has 0 heterocycles. The zero-order valence-electron chi connectivity index (χ0n) is 16.9. The summed E-state index contributed by atoms with van der Waals surface area (Å²) in [5, 5.41) is 18.2. The number of ether oxygens (including phenoxy) is 1. The number of hydrogen-bond acceptors (Lipinski definition) is 3. The van der Waals surface area contributed by atoms with Gasteiger partial charge in [-0.1, -0.05) is 64.7 Å². The molecule has 3 nitrogen and oxygen atoms in total. The van der Waals surface area contributed by atoms with Gasteiger partial charge in [0.05, 0.1) is 6.10 Å². The first-order valence-electron chi connectivity index (χ1n) is 10.6. The summed E-state index contributed by atoms with van der Waals surface area (Å²) in [5.41, 5.74) is -0.0805. The van der Waals surface area contributed by atoms with Gasteiger partial charge < -0.3 is 14.9 Å². The Morgan fingerprint density at radius 2 is 1.29 bits per heavy atom. The van der Waals surface area contributed by atoms with Crippen molar-refractivity contribution in [3.8, 4) is 0 Å². The van der Waals surface area contributed by atoms with Gasteiger partial charge in [0, 0.05) is 17.7 Å².